The van der Waals surface area contributed by atoms with E-state index in [0.717, 1.165) is 30.9 Å². The molecule has 1 atom stereocenters. The maximum Gasteiger partial charge on any atom is 0.0547 e. The van der Waals surface area contributed by atoms with E-state index < -0.39 is 0 Å². The van der Waals surface area contributed by atoms with Crippen molar-refractivity contribution in [3.8, 4) is 0 Å². The summed E-state index contributed by atoms with van der Waals surface area (Å²) in [6.45, 7) is 5.97. The lowest BCUT2D eigenvalue weighted by atomic mass is 9.99. The Labute approximate surface area is 127 Å². The van der Waals surface area contributed by atoms with Gasteiger partial charge in [0.05, 0.1) is 5.69 Å². The molecule has 2 rings (SSSR count). The molecule has 2 N–H and O–H groups in total. The van der Waals surface area contributed by atoms with Crippen LogP contribution in [0.4, 0.5) is 0 Å². The van der Waals surface area contributed by atoms with Gasteiger partial charge in [-0.15, -0.1) is 0 Å². The molecule has 1 unspecified atom stereocenters. The van der Waals surface area contributed by atoms with Crippen LogP contribution in [0.3, 0.4) is 0 Å². The van der Waals surface area contributed by atoms with Gasteiger partial charge in [0.2, 0.25) is 0 Å². The Kier molecular flexibility index (Phi) is 5.48. The molecule has 0 aliphatic heterocycles. The van der Waals surface area contributed by atoms with E-state index in [1.165, 1.54) is 11.1 Å². The van der Waals surface area contributed by atoms with Crippen molar-refractivity contribution in [2.24, 2.45) is 5.73 Å². The quantitative estimate of drug-likeness (QED) is 0.885. The van der Waals surface area contributed by atoms with E-state index in [1.54, 1.807) is 0 Å². The van der Waals surface area contributed by atoms with Crippen molar-refractivity contribution < 1.29 is 0 Å². The molecule has 2 aromatic rings. The number of rotatable bonds is 6. The molecule has 1 aromatic heterocycles. The first-order valence-electron chi connectivity index (χ1n) is 7.48. The number of hydrogen-bond donors (Lipinski definition) is 1. The molecule has 0 amide bonds. The minimum Gasteiger partial charge on any atom is -0.324 e. The molecule has 0 aliphatic rings. The van der Waals surface area contributed by atoms with Gasteiger partial charge in [-0.2, -0.15) is 0 Å². The normalized spacial score (nSPS) is 12.6. The smallest absolute Gasteiger partial charge is 0.0547 e. The van der Waals surface area contributed by atoms with E-state index in [-0.39, 0.29) is 6.04 Å². The molecule has 1 heterocycles. The summed E-state index contributed by atoms with van der Waals surface area (Å²) in [5, 5.41) is 0. The number of nitrogens with two attached hydrogens (primary N) is 1. The highest BCUT2D eigenvalue weighted by Gasteiger charge is 2.10. The zero-order valence-electron chi connectivity index (χ0n) is 13.2. The molecule has 0 radical (unpaired) electrons. The van der Waals surface area contributed by atoms with Crippen LogP contribution in [0.25, 0.3) is 0 Å². The first kappa shape index (κ1) is 15.7. The molecule has 0 spiro atoms. The van der Waals surface area contributed by atoms with Gasteiger partial charge in [-0.05, 0) is 50.6 Å². The van der Waals surface area contributed by atoms with E-state index >= 15 is 0 Å². The first-order chi connectivity index (χ1) is 10.1. The fourth-order valence-corrected chi connectivity index (χ4v) is 2.56. The van der Waals surface area contributed by atoms with Crippen LogP contribution in [0.5, 0.6) is 0 Å². The molecular weight excluding hydrogens is 258 g/mol. The van der Waals surface area contributed by atoms with Crippen LogP contribution in [0.1, 0.15) is 35.0 Å². The summed E-state index contributed by atoms with van der Waals surface area (Å²) < 4.78 is 0. The average molecular weight is 283 g/mol. The van der Waals surface area contributed by atoms with Gasteiger partial charge in [-0.25, -0.2) is 0 Å². The molecular formula is C18H25N3. The number of nitrogens with zero attached hydrogens (tertiary/aromatic N) is 2. The lowest BCUT2D eigenvalue weighted by Gasteiger charge is -2.20. The van der Waals surface area contributed by atoms with Crippen LogP contribution in [0.2, 0.25) is 0 Å². The van der Waals surface area contributed by atoms with Gasteiger partial charge in [0.15, 0.2) is 0 Å². The Bertz CT molecular complexity index is 580. The Morgan fingerprint density at radius 3 is 2.57 bits per heavy atom. The number of aryl methyl sites for hydroxylation is 2. The van der Waals surface area contributed by atoms with E-state index in [9.17, 15) is 0 Å². The molecule has 112 valence electrons. The zero-order chi connectivity index (χ0) is 15.2. The second-order valence-corrected chi connectivity index (χ2v) is 5.76. The lowest BCUT2D eigenvalue weighted by molar-refractivity contribution is 0.307. The monoisotopic (exact) mass is 283 g/mol. The maximum absolute atomic E-state index is 6.32. The first-order valence-corrected chi connectivity index (χ1v) is 7.48. The van der Waals surface area contributed by atoms with Crippen molar-refractivity contribution in [3.05, 3.63) is 65.0 Å². The van der Waals surface area contributed by atoms with Gasteiger partial charge in [-0.3, -0.25) is 4.98 Å². The largest absolute Gasteiger partial charge is 0.324 e. The summed E-state index contributed by atoms with van der Waals surface area (Å²) >= 11 is 0. The fraction of sp³-hybridized carbons (Fsp3) is 0.389. The summed E-state index contributed by atoms with van der Waals surface area (Å²) in [5.74, 6) is 0. The summed E-state index contributed by atoms with van der Waals surface area (Å²) in [4.78, 5) is 6.82. The minimum absolute atomic E-state index is 0.0964. The molecule has 3 nitrogen and oxygen atoms in total. The van der Waals surface area contributed by atoms with Gasteiger partial charge in [-0.1, -0.05) is 30.3 Å². The summed E-state index contributed by atoms with van der Waals surface area (Å²) in [7, 11) is 2.12. The number of aromatic nitrogens is 1. The standard InChI is InChI=1S/C18H25N3/c1-14-7-4-5-10-17(14)18(19)11-12-21(3)13-16-9-6-8-15(2)20-16/h4-10,18H,11-13,19H2,1-3H3. The second kappa shape index (κ2) is 7.34. The minimum atomic E-state index is 0.0964. The average Bonchev–Trinajstić information content (AvgIpc) is 2.45. The number of pyridine rings is 1. The Balaban J connectivity index is 1.86. The Hall–Kier alpha value is -1.71. The van der Waals surface area contributed by atoms with Gasteiger partial charge in [0.1, 0.15) is 0 Å². The van der Waals surface area contributed by atoms with Crippen molar-refractivity contribution in [1.29, 1.82) is 0 Å². The van der Waals surface area contributed by atoms with Gasteiger partial charge in [0.25, 0.3) is 0 Å². The summed E-state index contributed by atoms with van der Waals surface area (Å²) in [5.41, 5.74) is 11.0. The van der Waals surface area contributed by atoms with Crippen LogP contribution < -0.4 is 5.73 Å². The predicted molar refractivity (Wildman–Crippen MR) is 88.0 cm³/mol. The molecule has 3 heteroatoms. The maximum atomic E-state index is 6.32. The van der Waals surface area contributed by atoms with Crippen LogP contribution in [-0.4, -0.2) is 23.5 Å². The molecule has 21 heavy (non-hydrogen) atoms. The topological polar surface area (TPSA) is 42.1 Å². The number of benzene rings is 1. The van der Waals surface area contributed by atoms with Crippen molar-refractivity contribution in [3.63, 3.8) is 0 Å². The molecule has 0 aliphatic carbocycles. The van der Waals surface area contributed by atoms with Crippen LogP contribution >= 0.6 is 0 Å². The van der Waals surface area contributed by atoms with E-state index in [1.807, 2.05) is 13.0 Å². The van der Waals surface area contributed by atoms with Crippen molar-refractivity contribution in [1.82, 2.24) is 9.88 Å². The molecule has 0 bridgehead atoms. The summed E-state index contributed by atoms with van der Waals surface area (Å²) in [6, 6.07) is 14.6. The van der Waals surface area contributed by atoms with Gasteiger partial charge < -0.3 is 10.6 Å². The number of hydrogen-bond acceptors (Lipinski definition) is 3. The summed E-state index contributed by atoms with van der Waals surface area (Å²) in [6.07, 6.45) is 0.952. The zero-order valence-corrected chi connectivity index (χ0v) is 13.2. The molecule has 0 saturated carbocycles. The molecule has 1 aromatic carbocycles. The SMILES string of the molecule is Cc1cccc(CN(C)CCC(N)c2ccccc2C)n1. The predicted octanol–water partition coefficient (Wildman–Crippen LogP) is 3.22. The molecule has 0 saturated heterocycles. The van der Waals surface area contributed by atoms with Crippen LogP contribution in [0.15, 0.2) is 42.5 Å². The van der Waals surface area contributed by atoms with Crippen molar-refractivity contribution in [2.75, 3.05) is 13.6 Å². The third-order valence-electron chi connectivity index (χ3n) is 3.79. The van der Waals surface area contributed by atoms with Crippen molar-refractivity contribution in [2.45, 2.75) is 32.9 Å². The van der Waals surface area contributed by atoms with Gasteiger partial charge >= 0.3 is 0 Å². The fourth-order valence-electron chi connectivity index (χ4n) is 2.56. The second-order valence-electron chi connectivity index (χ2n) is 5.76. The highest BCUT2D eigenvalue weighted by atomic mass is 15.1. The van der Waals surface area contributed by atoms with E-state index in [2.05, 4.69) is 60.3 Å². The highest BCUT2D eigenvalue weighted by molar-refractivity contribution is 5.28. The third-order valence-corrected chi connectivity index (χ3v) is 3.79. The molecule has 0 fully saturated rings. The highest BCUT2D eigenvalue weighted by Crippen LogP contribution is 2.18. The van der Waals surface area contributed by atoms with Crippen molar-refractivity contribution >= 4 is 0 Å². The Morgan fingerprint density at radius 1 is 1.10 bits per heavy atom. The van der Waals surface area contributed by atoms with Crippen LogP contribution in [0, 0.1) is 13.8 Å². The Morgan fingerprint density at radius 2 is 1.86 bits per heavy atom. The van der Waals surface area contributed by atoms with E-state index in [4.69, 9.17) is 5.73 Å². The van der Waals surface area contributed by atoms with Crippen LogP contribution in [-0.2, 0) is 6.54 Å². The van der Waals surface area contributed by atoms with Gasteiger partial charge in [0, 0.05) is 24.8 Å². The van der Waals surface area contributed by atoms with E-state index in [0.29, 0.717) is 0 Å². The lowest BCUT2D eigenvalue weighted by Crippen LogP contribution is -2.24. The third kappa shape index (κ3) is 4.66.